The van der Waals surface area contributed by atoms with E-state index in [9.17, 15) is 10.1 Å². The quantitative estimate of drug-likeness (QED) is 0.643. The molecule has 1 aromatic carbocycles. The van der Waals surface area contributed by atoms with Crippen molar-refractivity contribution in [3.63, 3.8) is 0 Å². The van der Waals surface area contributed by atoms with Gasteiger partial charge in [-0.1, -0.05) is 32.0 Å². The molecule has 0 bridgehead atoms. The predicted octanol–water partition coefficient (Wildman–Crippen LogP) is 3.50. The van der Waals surface area contributed by atoms with Crippen LogP contribution in [0.1, 0.15) is 39.2 Å². The summed E-state index contributed by atoms with van der Waals surface area (Å²) in [5.74, 6) is -0.0590. The van der Waals surface area contributed by atoms with Gasteiger partial charge in [-0.3, -0.25) is 4.79 Å². The predicted molar refractivity (Wildman–Crippen MR) is 85.8 cm³/mol. The van der Waals surface area contributed by atoms with E-state index in [1.807, 2.05) is 49.1 Å². The third-order valence-electron chi connectivity index (χ3n) is 3.32. The van der Waals surface area contributed by atoms with Crippen LogP contribution < -0.4 is 5.32 Å². The lowest BCUT2D eigenvalue weighted by Gasteiger charge is -2.17. The maximum atomic E-state index is 12.3. The first-order valence-electron chi connectivity index (χ1n) is 7.29. The zero-order chi connectivity index (χ0) is 15.8. The number of rotatable bonds is 6. The fourth-order valence-electron chi connectivity index (χ4n) is 2.03. The number of hydrogen-bond acceptors (Lipinski definition) is 3. The number of nitriles is 1. The molecule has 1 rings (SSSR count). The molecule has 0 spiro atoms. The highest BCUT2D eigenvalue weighted by molar-refractivity contribution is 6.06. The summed E-state index contributed by atoms with van der Waals surface area (Å²) < 4.78 is 0. The van der Waals surface area contributed by atoms with Crippen LogP contribution in [-0.2, 0) is 4.79 Å². The Kier molecular flexibility index (Phi) is 6.48. The SMILES string of the molecule is CCN(/C=C(/C#N)C(=O)Nc1ccccc1C(C)C)CC. The molecule has 0 aliphatic heterocycles. The third kappa shape index (κ3) is 4.64. The molecular weight excluding hydrogens is 262 g/mol. The van der Waals surface area contributed by atoms with Crippen LogP contribution in [0.2, 0.25) is 0 Å². The Balaban J connectivity index is 2.97. The van der Waals surface area contributed by atoms with Crippen molar-refractivity contribution in [2.24, 2.45) is 0 Å². The minimum Gasteiger partial charge on any atom is -0.377 e. The van der Waals surface area contributed by atoms with Crippen LogP contribution in [-0.4, -0.2) is 23.9 Å². The van der Waals surface area contributed by atoms with Crippen LogP contribution in [0.15, 0.2) is 36.0 Å². The molecule has 1 N–H and O–H groups in total. The molecule has 1 aromatic rings. The van der Waals surface area contributed by atoms with E-state index in [-0.39, 0.29) is 11.5 Å². The lowest BCUT2D eigenvalue weighted by molar-refractivity contribution is -0.112. The standard InChI is InChI=1S/C17H23N3O/c1-5-20(6-2)12-14(11-18)17(21)19-16-10-8-7-9-15(16)13(3)4/h7-10,12-13H,5-6H2,1-4H3,(H,19,21)/b14-12-. The van der Waals surface area contributed by atoms with E-state index in [4.69, 9.17) is 0 Å². The van der Waals surface area contributed by atoms with Gasteiger partial charge in [0.15, 0.2) is 0 Å². The van der Waals surface area contributed by atoms with Gasteiger partial charge in [0, 0.05) is 25.0 Å². The number of carbonyl (C=O) groups is 1. The van der Waals surface area contributed by atoms with Crippen molar-refractivity contribution in [3.05, 3.63) is 41.6 Å². The van der Waals surface area contributed by atoms with Crippen LogP contribution in [0.4, 0.5) is 5.69 Å². The summed E-state index contributed by atoms with van der Waals surface area (Å²) in [6.07, 6.45) is 1.62. The second-order valence-electron chi connectivity index (χ2n) is 5.07. The Bertz CT molecular complexity index is 551. The van der Waals surface area contributed by atoms with Gasteiger partial charge in [-0.15, -0.1) is 0 Å². The second kappa shape index (κ2) is 8.11. The van der Waals surface area contributed by atoms with Crippen LogP contribution in [0, 0.1) is 11.3 Å². The van der Waals surface area contributed by atoms with Gasteiger partial charge in [0.05, 0.1) is 0 Å². The topological polar surface area (TPSA) is 56.1 Å². The Hall–Kier alpha value is -2.28. The number of nitrogens with one attached hydrogen (secondary N) is 1. The molecule has 0 heterocycles. The highest BCUT2D eigenvalue weighted by Gasteiger charge is 2.13. The molecule has 0 fully saturated rings. The number of anilines is 1. The number of benzene rings is 1. The van der Waals surface area contributed by atoms with E-state index < -0.39 is 0 Å². The first kappa shape index (κ1) is 16.8. The Morgan fingerprint density at radius 2 is 1.95 bits per heavy atom. The fraction of sp³-hybridized carbons (Fsp3) is 0.412. The van der Waals surface area contributed by atoms with Crippen molar-refractivity contribution >= 4 is 11.6 Å². The van der Waals surface area contributed by atoms with Gasteiger partial charge >= 0.3 is 0 Å². The minimum atomic E-state index is -0.363. The number of para-hydroxylation sites is 1. The first-order valence-corrected chi connectivity index (χ1v) is 7.29. The minimum absolute atomic E-state index is 0.122. The molecule has 4 nitrogen and oxygen atoms in total. The van der Waals surface area contributed by atoms with E-state index >= 15 is 0 Å². The van der Waals surface area contributed by atoms with Gasteiger partial charge in [-0.25, -0.2) is 0 Å². The number of nitrogens with zero attached hydrogens (tertiary/aromatic N) is 2. The molecule has 0 unspecified atom stereocenters. The summed E-state index contributed by atoms with van der Waals surface area (Å²) in [7, 11) is 0. The van der Waals surface area contributed by atoms with Gasteiger partial charge in [-0.2, -0.15) is 5.26 Å². The smallest absolute Gasteiger partial charge is 0.267 e. The highest BCUT2D eigenvalue weighted by Crippen LogP contribution is 2.24. The monoisotopic (exact) mass is 285 g/mol. The van der Waals surface area contributed by atoms with Crippen LogP contribution in [0.5, 0.6) is 0 Å². The molecule has 0 saturated carbocycles. The van der Waals surface area contributed by atoms with Gasteiger partial charge < -0.3 is 10.2 Å². The van der Waals surface area contributed by atoms with E-state index in [0.29, 0.717) is 5.92 Å². The van der Waals surface area contributed by atoms with Gasteiger partial charge in [-0.05, 0) is 31.4 Å². The molecule has 0 aliphatic carbocycles. The Morgan fingerprint density at radius 3 is 2.48 bits per heavy atom. The summed E-state index contributed by atoms with van der Waals surface area (Å²) in [4.78, 5) is 14.2. The van der Waals surface area contributed by atoms with E-state index in [1.54, 1.807) is 6.20 Å². The molecule has 0 radical (unpaired) electrons. The van der Waals surface area contributed by atoms with Crippen molar-refractivity contribution in [1.82, 2.24) is 4.90 Å². The molecule has 0 aromatic heterocycles. The van der Waals surface area contributed by atoms with Crippen LogP contribution >= 0.6 is 0 Å². The van der Waals surface area contributed by atoms with E-state index in [1.165, 1.54) is 0 Å². The van der Waals surface area contributed by atoms with E-state index in [0.717, 1.165) is 24.3 Å². The van der Waals surface area contributed by atoms with Crippen molar-refractivity contribution < 1.29 is 4.79 Å². The Labute approximate surface area is 127 Å². The third-order valence-corrected chi connectivity index (χ3v) is 3.32. The molecule has 21 heavy (non-hydrogen) atoms. The molecule has 4 heteroatoms. The van der Waals surface area contributed by atoms with Crippen LogP contribution in [0.3, 0.4) is 0 Å². The van der Waals surface area contributed by atoms with E-state index in [2.05, 4.69) is 19.2 Å². The summed E-state index contributed by atoms with van der Waals surface area (Å²) in [5.41, 5.74) is 1.95. The van der Waals surface area contributed by atoms with Gasteiger partial charge in [0.1, 0.15) is 11.6 Å². The molecule has 0 aliphatic rings. The fourth-order valence-corrected chi connectivity index (χ4v) is 2.03. The number of hydrogen-bond donors (Lipinski definition) is 1. The lowest BCUT2D eigenvalue weighted by Crippen LogP contribution is -2.21. The summed E-state index contributed by atoms with van der Waals surface area (Å²) in [6, 6.07) is 9.65. The van der Waals surface area contributed by atoms with Crippen molar-refractivity contribution in [2.75, 3.05) is 18.4 Å². The average Bonchev–Trinajstić information content (AvgIpc) is 2.48. The summed E-state index contributed by atoms with van der Waals surface area (Å²) in [5, 5.41) is 12.0. The molecule has 0 atom stereocenters. The summed E-state index contributed by atoms with van der Waals surface area (Å²) in [6.45, 7) is 9.64. The van der Waals surface area contributed by atoms with Gasteiger partial charge in [0.25, 0.3) is 5.91 Å². The van der Waals surface area contributed by atoms with Crippen molar-refractivity contribution in [3.8, 4) is 6.07 Å². The molecular formula is C17H23N3O. The normalized spacial score (nSPS) is 11.1. The first-order chi connectivity index (χ1) is 10.0. The Morgan fingerprint density at radius 1 is 1.33 bits per heavy atom. The average molecular weight is 285 g/mol. The highest BCUT2D eigenvalue weighted by atomic mass is 16.1. The maximum absolute atomic E-state index is 12.3. The zero-order valence-corrected chi connectivity index (χ0v) is 13.2. The lowest BCUT2D eigenvalue weighted by atomic mass is 10.0. The number of amides is 1. The van der Waals surface area contributed by atoms with Gasteiger partial charge in [0.2, 0.25) is 0 Å². The van der Waals surface area contributed by atoms with Crippen molar-refractivity contribution in [2.45, 2.75) is 33.6 Å². The largest absolute Gasteiger partial charge is 0.377 e. The second-order valence-corrected chi connectivity index (χ2v) is 5.07. The maximum Gasteiger partial charge on any atom is 0.267 e. The molecule has 0 saturated heterocycles. The molecule has 112 valence electrons. The zero-order valence-electron chi connectivity index (χ0n) is 13.2. The summed E-state index contributed by atoms with van der Waals surface area (Å²) >= 11 is 0. The van der Waals surface area contributed by atoms with Crippen molar-refractivity contribution in [1.29, 1.82) is 5.26 Å². The van der Waals surface area contributed by atoms with Crippen LogP contribution in [0.25, 0.3) is 0 Å². The molecule has 1 amide bonds. The number of carbonyl (C=O) groups excluding carboxylic acids is 1.